The van der Waals surface area contributed by atoms with Crippen molar-refractivity contribution in [2.24, 2.45) is 0 Å². The predicted molar refractivity (Wildman–Crippen MR) is 593 cm³/mol. The summed E-state index contributed by atoms with van der Waals surface area (Å²) < 4.78 is 0. The molecule has 144 heavy (non-hydrogen) atoms. The van der Waals surface area contributed by atoms with Crippen LogP contribution in [0.2, 0.25) is 0 Å². The summed E-state index contributed by atoms with van der Waals surface area (Å²) in [5, 5.41) is 173. The van der Waals surface area contributed by atoms with Crippen molar-refractivity contribution >= 4 is 0 Å². The van der Waals surface area contributed by atoms with E-state index >= 15 is 0 Å². The molecule has 0 fully saturated rings. The predicted octanol–water partition coefficient (Wildman–Crippen LogP) is 31.5. The third-order valence-corrected chi connectivity index (χ3v) is 22.3. The Morgan fingerprint density at radius 3 is 0.549 bits per heavy atom. The minimum Gasteiger partial charge on any atom is -0.508 e. The number of phenolic OH excluding ortho intramolecular Hbond substituents is 19. The lowest BCUT2D eigenvalue weighted by Gasteiger charge is -2.07. The molecule has 0 aromatic heterocycles. The van der Waals surface area contributed by atoms with E-state index in [1.807, 2.05) is 315 Å². The summed E-state index contributed by atoms with van der Waals surface area (Å²) in [4.78, 5) is 0. The first-order chi connectivity index (χ1) is 67.2. The van der Waals surface area contributed by atoms with Crippen LogP contribution in [0.4, 0.5) is 0 Å². The number of benzene rings is 15. The zero-order valence-electron chi connectivity index (χ0n) is 89.9. The number of aromatic hydroxyl groups is 19. The normalized spacial score (nSPS) is 9.88. The fraction of sp³-hybridized carbons (Fsp3) is 0.280. The minimum absolute atomic E-state index is 0.104. The summed E-state index contributed by atoms with van der Waals surface area (Å²) in [6.07, 6.45) is 0. The zero-order valence-corrected chi connectivity index (χ0v) is 89.9. The molecule has 0 bridgehead atoms. The van der Waals surface area contributed by atoms with Crippen molar-refractivity contribution in [1.29, 1.82) is 0 Å². The Bertz CT molecular complexity index is 5520. The molecular weight excluding hydrogens is 1810 g/mol. The van der Waals surface area contributed by atoms with Crippen molar-refractivity contribution in [2.75, 3.05) is 0 Å². The molecular formula is C125H160O19. The molecule has 19 N–H and O–H groups in total. The standard InChI is InChI=1S/4C9H12O2.C9H12O.10C8H10O/c4*1-6(2)8-4-3-7(10)5-9(8)11;1-7(2)8-3-5-9(10)6-4-8;2*1-6-3-7(2)5-8(9)4-6;2*1-6-3-4-8(9)5-7(6)2;2*1-6-3-4-7(2)8(9)5-6;2*1-6-4-3-5-8(9)7(6)2;2*1-6-4-3-5-7(2)8(6)9/h4*3-6,10-11H,1-2H3;3-7,10H,1-2H3;10*3-5,9H,1-2H3. The van der Waals surface area contributed by atoms with Crippen LogP contribution in [-0.4, -0.2) is 97.0 Å². The Morgan fingerprint density at radius 1 is 0.139 bits per heavy atom. The molecule has 15 aromatic carbocycles. The van der Waals surface area contributed by atoms with Gasteiger partial charge in [0.1, 0.15) is 109 Å². The topological polar surface area (TPSA) is 384 Å². The van der Waals surface area contributed by atoms with Crippen LogP contribution in [-0.2, 0) is 0 Å². The lowest BCUT2D eigenvalue weighted by molar-refractivity contribution is 0.443. The third-order valence-electron chi connectivity index (χ3n) is 22.3. The van der Waals surface area contributed by atoms with Gasteiger partial charge in [0.05, 0.1) is 0 Å². The number of phenols is 19. The summed E-state index contributed by atoms with van der Waals surface area (Å²) in [5.41, 5.74) is 25.9. The van der Waals surface area contributed by atoms with Crippen molar-refractivity contribution in [3.63, 3.8) is 0 Å². The van der Waals surface area contributed by atoms with Crippen LogP contribution in [0.25, 0.3) is 0 Å². The Kier molecular flexibility index (Phi) is 56.9. The van der Waals surface area contributed by atoms with E-state index in [1.165, 1.54) is 41.0 Å². The molecule has 19 nitrogen and oxygen atoms in total. The van der Waals surface area contributed by atoms with Gasteiger partial charge in [0.25, 0.3) is 0 Å². The number of aryl methyl sites for hydroxylation is 18. The molecule has 0 aliphatic heterocycles. The molecule has 0 atom stereocenters. The van der Waals surface area contributed by atoms with Gasteiger partial charge in [-0.1, -0.05) is 215 Å². The first kappa shape index (κ1) is 127. The lowest BCUT2D eigenvalue weighted by atomic mass is 10.0. The van der Waals surface area contributed by atoms with Gasteiger partial charge in [0, 0.05) is 24.3 Å². The van der Waals surface area contributed by atoms with Gasteiger partial charge in [-0.25, -0.2) is 0 Å². The Morgan fingerprint density at radius 2 is 0.361 bits per heavy atom. The highest BCUT2D eigenvalue weighted by atomic mass is 16.3. The molecule has 0 saturated carbocycles. The number of para-hydroxylation sites is 2. The van der Waals surface area contributed by atoms with Gasteiger partial charge in [-0.3, -0.25) is 0 Å². The van der Waals surface area contributed by atoms with Gasteiger partial charge < -0.3 is 97.0 Å². The number of rotatable bonds is 5. The molecule has 774 valence electrons. The average molecular weight is 1970 g/mol. The molecule has 0 saturated heterocycles. The molecule has 0 aliphatic carbocycles. The van der Waals surface area contributed by atoms with Crippen LogP contribution in [0.5, 0.6) is 109 Å². The molecule has 0 radical (unpaired) electrons. The van der Waals surface area contributed by atoms with Crippen LogP contribution in [0.1, 0.15) is 238 Å². The molecule has 15 rings (SSSR count). The summed E-state index contributed by atoms with van der Waals surface area (Å²) in [7, 11) is 0. The maximum atomic E-state index is 9.30. The van der Waals surface area contributed by atoms with Crippen molar-refractivity contribution in [2.45, 2.75) is 237 Å². The monoisotopic (exact) mass is 1970 g/mol. The second-order valence-electron chi connectivity index (χ2n) is 37.1. The Hall–Kier alpha value is -15.5. The van der Waals surface area contributed by atoms with Crippen molar-refractivity contribution in [1.82, 2.24) is 0 Å². The van der Waals surface area contributed by atoms with E-state index in [4.69, 9.17) is 66.4 Å². The van der Waals surface area contributed by atoms with Crippen LogP contribution in [0.15, 0.2) is 279 Å². The maximum absolute atomic E-state index is 9.30. The second-order valence-corrected chi connectivity index (χ2v) is 37.1. The van der Waals surface area contributed by atoms with Gasteiger partial charge in [0.15, 0.2) is 0 Å². The SMILES string of the molecule is CC(C)c1ccc(O)cc1.CC(C)c1ccc(O)cc1O.CC(C)c1ccc(O)cc1O.CC(C)c1ccc(O)cc1O.CC(C)c1ccc(O)cc1O.Cc1cc(C)cc(O)c1.Cc1cc(C)cc(O)c1.Cc1ccc(C)c(O)c1.Cc1ccc(C)c(O)c1.Cc1ccc(O)cc1C.Cc1ccc(O)cc1C.Cc1cccc(C)c1O.Cc1cccc(C)c1O.Cc1cccc(O)c1C.Cc1cccc(O)c1C. The van der Waals surface area contributed by atoms with Crippen molar-refractivity contribution in [3.8, 4) is 109 Å². The Labute approximate surface area is 856 Å². The Balaban J connectivity index is 0.000000772. The number of hydrogen-bond donors (Lipinski definition) is 19. The molecule has 0 aliphatic rings. The maximum Gasteiger partial charge on any atom is 0.122 e. The second kappa shape index (κ2) is 64.8. The summed E-state index contributed by atoms with van der Waals surface area (Å²) in [5.74, 6) is 6.88. The first-order valence-electron chi connectivity index (χ1n) is 47.6. The van der Waals surface area contributed by atoms with E-state index in [1.54, 1.807) is 133 Å². The number of hydrogen-bond acceptors (Lipinski definition) is 19. The molecule has 0 unspecified atom stereocenters. The fourth-order valence-electron chi connectivity index (χ4n) is 12.8. The minimum atomic E-state index is 0.104. The highest BCUT2D eigenvalue weighted by molar-refractivity contribution is 5.47. The fourth-order valence-corrected chi connectivity index (χ4v) is 12.8. The molecule has 15 aromatic rings. The van der Waals surface area contributed by atoms with Crippen LogP contribution in [0, 0.1) is 138 Å². The highest BCUT2D eigenvalue weighted by Crippen LogP contribution is 2.34. The van der Waals surface area contributed by atoms with E-state index in [2.05, 4.69) is 13.8 Å². The summed E-state index contributed by atoms with van der Waals surface area (Å²) in [6, 6.07) is 81.5. The summed E-state index contributed by atoms with van der Waals surface area (Å²) in [6.45, 7) is 59.1. The van der Waals surface area contributed by atoms with Crippen LogP contribution >= 0.6 is 0 Å². The highest BCUT2D eigenvalue weighted by Gasteiger charge is 2.11. The van der Waals surface area contributed by atoms with Crippen LogP contribution in [0.3, 0.4) is 0 Å². The van der Waals surface area contributed by atoms with Crippen molar-refractivity contribution in [3.05, 3.63) is 418 Å². The molecule has 0 spiro atoms. The zero-order chi connectivity index (χ0) is 110. The van der Waals surface area contributed by atoms with Crippen molar-refractivity contribution < 1.29 is 97.0 Å². The van der Waals surface area contributed by atoms with E-state index in [0.29, 0.717) is 69.2 Å². The van der Waals surface area contributed by atoms with E-state index in [0.717, 1.165) is 122 Å². The summed E-state index contributed by atoms with van der Waals surface area (Å²) >= 11 is 0. The average Bonchev–Trinajstić information content (AvgIpc) is 0.868. The van der Waals surface area contributed by atoms with E-state index in [-0.39, 0.29) is 69.7 Å². The van der Waals surface area contributed by atoms with Gasteiger partial charge in [-0.05, 0) is 416 Å². The van der Waals surface area contributed by atoms with E-state index in [9.17, 15) is 30.6 Å². The molecule has 0 heterocycles. The van der Waals surface area contributed by atoms with Gasteiger partial charge in [-0.2, -0.15) is 0 Å². The third kappa shape index (κ3) is 50.6. The molecule has 19 heteroatoms. The largest absolute Gasteiger partial charge is 0.508 e. The molecule has 0 amide bonds. The van der Waals surface area contributed by atoms with E-state index < -0.39 is 0 Å². The quantitative estimate of drug-likeness (QED) is 0.0761. The lowest BCUT2D eigenvalue weighted by Crippen LogP contribution is -1.86. The van der Waals surface area contributed by atoms with Gasteiger partial charge in [-0.15, -0.1) is 0 Å². The van der Waals surface area contributed by atoms with Gasteiger partial charge in [0.2, 0.25) is 0 Å². The van der Waals surface area contributed by atoms with Crippen LogP contribution < -0.4 is 0 Å². The first-order valence-corrected chi connectivity index (χ1v) is 47.6. The smallest absolute Gasteiger partial charge is 0.122 e. The van der Waals surface area contributed by atoms with Gasteiger partial charge >= 0.3 is 0 Å².